The van der Waals surface area contributed by atoms with Gasteiger partial charge in [0.2, 0.25) is 5.95 Å². The van der Waals surface area contributed by atoms with E-state index in [0.717, 1.165) is 6.26 Å². The minimum absolute atomic E-state index is 0.237. The second kappa shape index (κ2) is 7.51. The van der Waals surface area contributed by atoms with Gasteiger partial charge in [0.25, 0.3) is 0 Å². The molecule has 2 heterocycles. The lowest BCUT2D eigenvalue weighted by atomic mass is 10.3. The van der Waals surface area contributed by atoms with Gasteiger partial charge in [-0.05, 0) is 36.4 Å². The van der Waals surface area contributed by atoms with Crippen LogP contribution in [0, 0.1) is 0 Å². The third-order valence-corrected chi connectivity index (χ3v) is 5.80. The zero-order valence-electron chi connectivity index (χ0n) is 14.9. The number of fused-ring (bicyclic) bond motifs is 1. The molecule has 8 nitrogen and oxygen atoms in total. The lowest BCUT2D eigenvalue weighted by Crippen LogP contribution is -1.99. The van der Waals surface area contributed by atoms with E-state index < -0.39 is 9.84 Å². The summed E-state index contributed by atoms with van der Waals surface area (Å²) in [6.07, 6.45) is 2.54. The minimum atomic E-state index is -3.26. The first-order valence-corrected chi connectivity index (χ1v) is 10.9. The fraction of sp³-hybridized carbons (Fsp3) is 0.0556. The van der Waals surface area contributed by atoms with Gasteiger partial charge in [-0.3, -0.25) is 0 Å². The molecule has 4 rings (SSSR count). The van der Waals surface area contributed by atoms with Crippen LogP contribution in [-0.4, -0.2) is 34.6 Å². The molecule has 3 N–H and O–H groups in total. The first kappa shape index (κ1) is 19.4. The van der Waals surface area contributed by atoms with E-state index in [1.165, 1.54) is 18.5 Å². The number of imidazole rings is 1. The quantitative estimate of drug-likeness (QED) is 0.410. The molecular formula is C18H14Cl2N6O2S. The Morgan fingerprint density at radius 1 is 0.966 bits per heavy atom. The largest absolute Gasteiger partial charge is 0.338 e. The van der Waals surface area contributed by atoms with Crippen LogP contribution in [0.25, 0.3) is 11.2 Å². The van der Waals surface area contributed by atoms with Crippen molar-refractivity contribution in [2.75, 3.05) is 16.9 Å². The summed E-state index contributed by atoms with van der Waals surface area (Å²) in [5, 5.41) is 7.09. The monoisotopic (exact) mass is 448 g/mol. The number of benzene rings is 2. The van der Waals surface area contributed by atoms with Crippen molar-refractivity contribution < 1.29 is 8.42 Å². The Kier molecular flexibility index (Phi) is 5.03. The number of aromatic nitrogens is 4. The molecule has 0 unspecified atom stereocenters. The lowest BCUT2D eigenvalue weighted by Gasteiger charge is -2.07. The maximum absolute atomic E-state index is 11.6. The number of hydrogen-bond acceptors (Lipinski definition) is 7. The molecule has 0 spiro atoms. The number of anilines is 4. The molecule has 0 amide bonds. The van der Waals surface area contributed by atoms with E-state index in [9.17, 15) is 8.42 Å². The minimum Gasteiger partial charge on any atom is -0.338 e. The third-order valence-electron chi connectivity index (χ3n) is 4.04. The summed E-state index contributed by atoms with van der Waals surface area (Å²) in [4.78, 5) is 16.1. The van der Waals surface area contributed by atoms with Crippen LogP contribution in [0.4, 0.5) is 23.1 Å². The summed E-state index contributed by atoms with van der Waals surface area (Å²) in [5.74, 6) is 0.874. The summed E-state index contributed by atoms with van der Waals surface area (Å²) in [7, 11) is -3.26. The maximum Gasteiger partial charge on any atom is 0.207 e. The fourth-order valence-electron chi connectivity index (χ4n) is 2.64. The average molecular weight is 449 g/mol. The summed E-state index contributed by atoms with van der Waals surface area (Å²) in [6.45, 7) is 0. The molecule has 11 heteroatoms. The highest BCUT2D eigenvalue weighted by Crippen LogP contribution is 2.32. The molecule has 0 bridgehead atoms. The second-order valence-electron chi connectivity index (χ2n) is 6.15. The highest BCUT2D eigenvalue weighted by atomic mass is 35.5. The molecule has 148 valence electrons. The van der Waals surface area contributed by atoms with Crippen LogP contribution in [0.3, 0.4) is 0 Å². The van der Waals surface area contributed by atoms with Crippen LogP contribution in [0.2, 0.25) is 10.0 Å². The van der Waals surface area contributed by atoms with Gasteiger partial charge in [-0.1, -0.05) is 29.3 Å². The molecule has 2 aromatic heterocycles. The van der Waals surface area contributed by atoms with Gasteiger partial charge >= 0.3 is 0 Å². The molecule has 0 aliphatic rings. The molecule has 0 saturated carbocycles. The van der Waals surface area contributed by atoms with Crippen molar-refractivity contribution in [2.24, 2.45) is 0 Å². The number of halogens is 2. The Morgan fingerprint density at radius 3 is 2.31 bits per heavy atom. The Labute approximate surface area is 176 Å². The summed E-state index contributed by atoms with van der Waals surface area (Å²) in [6, 6.07) is 11.5. The van der Waals surface area contributed by atoms with E-state index in [-0.39, 0.29) is 4.90 Å². The van der Waals surface area contributed by atoms with E-state index in [0.29, 0.717) is 44.4 Å². The molecular weight excluding hydrogens is 435 g/mol. The van der Waals surface area contributed by atoms with Crippen LogP contribution in [0.1, 0.15) is 0 Å². The molecule has 2 aromatic carbocycles. The first-order valence-electron chi connectivity index (χ1n) is 8.30. The van der Waals surface area contributed by atoms with Gasteiger partial charge < -0.3 is 15.6 Å². The van der Waals surface area contributed by atoms with Gasteiger partial charge in [-0.25, -0.2) is 18.4 Å². The predicted molar refractivity (Wildman–Crippen MR) is 114 cm³/mol. The van der Waals surface area contributed by atoms with Crippen molar-refractivity contribution in [2.45, 2.75) is 4.90 Å². The SMILES string of the molecule is CS(=O)(=O)c1ccc(Nc2ncnc3nc(Nc4c(Cl)cccc4Cl)[nH]c23)cc1. The number of aromatic amines is 1. The van der Waals surface area contributed by atoms with Gasteiger partial charge in [0.15, 0.2) is 21.3 Å². The van der Waals surface area contributed by atoms with E-state index in [1.54, 1.807) is 30.3 Å². The van der Waals surface area contributed by atoms with Crippen molar-refractivity contribution in [3.63, 3.8) is 0 Å². The van der Waals surface area contributed by atoms with E-state index in [1.807, 2.05) is 0 Å². The Morgan fingerprint density at radius 2 is 1.66 bits per heavy atom. The number of sulfone groups is 1. The predicted octanol–water partition coefficient (Wildman–Crippen LogP) is 4.55. The smallest absolute Gasteiger partial charge is 0.207 e. The normalized spacial score (nSPS) is 11.6. The molecule has 0 saturated heterocycles. The molecule has 0 radical (unpaired) electrons. The molecule has 0 fully saturated rings. The zero-order chi connectivity index (χ0) is 20.6. The van der Waals surface area contributed by atoms with Crippen LogP contribution >= 0.6 is 23.2 Å². The van der Waals surface area contributed by atoms with E-state index in [4.69, 9.17) is 23.2 Å². The highest BCUT2D eigenvalue weighted by molar-refractivity contribution is 7.90. The Bertz CT molecular complexity index is 1290. The maximum atomic E-state index is 11.6. The number of H-pyrrole nitrogens is 1. The molecule has 0 aliphatic heterocycles. The van der Waals surface area contributed by atoms with Crippen LogP contribution in [-0.2, 0) is 9.84 Å². The molecule has 0 atom stereocenters. The fourth-order valence-corrected chi connectivity index (χ4v) is 3.76. The van der Waals surface area contributed by atoms with E-state index >= 15 is 0 Å². The molecule has 4 aromatic rings. The summed E-state index contributed by atoms with van der Waals surface area (Å²) in [5.41, 5.74) is 2.18. The van der Waals surface area contributed by atoms with Gasteiger partial charge in [0.05, 0.1) is 20.6 Å². The second-order valence-corrected chi connectivity index (χ2v) is 8.98. The van der Waals surface area contributed by atoms with Crippen LogP contribution < -0.4 is 10.6 Å². The van der Waals surface area contributed by atoms with Crippen molar-refractivity contribution in [1.82, 2.24) is 19.9 Å². The summed E-state index contributed by atoms with van der Waals surface area (Å²) >= 11 is 12.4. The Balaban J connectivity index is 1.64. The molecule has 29 heavy (non-hydrogen) atoms. The number of nitrogens with zero attached hydrogens (tertiary/aromatic N) is 3. The number of hydrogen-bond donors (Lipinski definition) is 3. The molecule has 0 aliphatic carbocycles. The van der Waals surface area contributed by atoms with E-state index in [2.05, 4.69) is 30.6 Å². The lowest BCUT2D eigenvalue weighted by molar-refractivity contribution is 0.602. The third kappa shape index (κ3) is 4.12. The van der Waals surface area contributed by atoms with Crippen molar-refractivity contribution in [1.29, 1.82) is 0 Å². The zero-order valence-corrected chi connectivity index (χ0v) is 17.3. The average Bonchev–Trinajstić information content (AvgIpc) is 3.08. The number of nitrogens with one attached hydrogen (secondary N) is 3. The van der Waals surface area contributed by atoms with Crippen LogP contribution in [0.15, 0.2) is 53.7 Å². The number of para-hydroxylation sites is 1. The summed E-state index contributed by atoms with van der Waals surface area (Å²) < 4.78 is 23.2. The van der Waals surface area contributed by atoms with Crippen molar-refractivity contribution in [3.05, 3.63) is 58.8 Å². The van der Waals surface area contributed by atoms with Gasteiger partial charge in [0.1, 0.15) is 11.8 Å². The highest BCUT2D eigenvalue weighted by Gasteiger charge is 2.13. The van der Waals surface area contributed by atoms with Gasteiger partial charge in [0, 0.05) is 11.9 Å². The van der Waals surface area contributed by atoms with Crippen molar-refractivity contribution in [3.8, 4) is 0 Å². The van der Waals surface area contributed by atoms with Gasteiger partial charge in [-0.2, -0.15) is 4.98 Å². The van der Waals surface area contributed by atoms with Gasteiger partial charge in [-0.15, -0.1) is 0 Å². The standard InChI is InChI=1S/C18H14Cl2N6O2S/c1-29(27,28)11-7-5-10(6-8-11)23-16-15-17(22-9-21-16)26-18(25-15)24-14-12(19)3-2-4-13(14)20/h2-9H,1H3,(H3,21,22,23,24,25,26). The van der Waals surface area contributed by atoms with Crippen molar-refractivity contribution >= 4 is 67.3 Å². The first-order chi connectivity index (χ1) is 13.8. The Hall–Kier alpha value is -2.88. The van der Waals surface area contributed by atoms with Crippen LogP contribution in [0.5, 0.6) is 0 Å². The number of rotatable bonds is 5. The topological polar surface area (TPSA) is 113 Å².